The number of anilines is 1. The maximum atomic E-state index is 4.44. The average molecular weight is 281 g/mol. The molecule has 4 rings (SSSR count). The van der Waals surface area contributed by atoms with Crippen molar-refractivity contribution in [3.8, 4) is 0 Å². The van der Waals surface area contributed by atoms with E-state index in [2.05, 4.69) is 51.0 Å². The molecule has 0 bridgehead atoms. The van der Waals surface area contributed by atoms with Crippen molar-refractivity contribution in [2.75, 3.05) is 5.32 Å². The Balaban J connectivity index is 1.70. The molecule has 0 aliphatic heterocycles. The maximum absolute atomic E-state index is 4.44. The van der Waals surface area contributed by atoms with Crippen molar-refractivity contribution in [2.45, 2.75) is 18.9 Å². The van der Waals surface area contributed by atoms with Crippen molar-refractivity contribution in [2.24, 2.45) is 5.92 Å². The van der Waals surface area contributed by atoms with Gasteiger partial charge in [-0.3, -0.25) is 0 Å². The number of rotatable bonds is 4. The summed E-state index contributed by atoms with van der Waals surface area (Å²) in [6.45, 7) is 0. The molecule has 1 saturated carbocycles. The lowest BCUT2D eigenvalue weighted by Gasteiger charge is -2.19. The Morgan fingerprint density at radius 3 is 2.75 bits per heavy atom. The first-order valence-electron chi connectivity index (χ1n) is 6.91. The smallest absolute Gasteiger partial charge is 0.147 e. The van der Waals surface area contributed by atoms with Crippen molar-refractivity contribution in [3.63, 3.8) is 0 Å². The summed E-state index contributed by atoms with van der Waals surface area (Å²) in [5.74, 6) is 1.69. The van der Waals surface area contributed by atoms with Gasteiger partial charge in [0.15, 0.2) is 0 Å². The summed E-state index contributed by atoms with van der Waals surface area (Å²) < 4.78 is 1.15. The molecule has 2 heterocycles. The SMILES string of the molecule is c1ccc([C@@H](Nc2ncnc3ccsc23)C2CC2)cc1. The van der Waals surface area contributed by atoms with Gasteiger partial charge in [0.05, 0.1) is 16.3 Å². The summed E-state index contributed by atoms with van der Waals surface area (Å²) in [4.78, 5) is 8.74. The summed E-state index contributed by atoms with van der Waals surface area (Å²) in [6, 6.07) is 13.1. The van der Waals surface area contributed by atoms with E-state index >= 15 is 0 Å². The molecule has 20 heavy (non-hydrogen) atoms. The number of nitrogens with zero attached hydrogens (tertiary/aromatic N) is 2. The summed E-state index contributed by atoms with van der Waals surface area (Å²) in [7, 11) is 0. The van der Waals surface area contributed by atoms with Crippen molar-refractivity contribution >= 4 is 27.4 Å². The molecular weight excluding hydrogens is 266 g/mol. The molecule has 0 amide bonds. The highest BCUT2D eigenvalue weighted by Gasteiger charge is 2.32. The van der Waals surface area contributed by atoms with Crippen LogP contribution in [-0.4, -0.2) is 9.97 Å². The molecule has 100 valence electrons. The lowest BCUT2D eigenvalue weighted by Crippen LogP contribution is -2.13. The summed E-state index contributed by atoms with van der Waals surface area (Å²) in [5.41, 5.74) is 2.37. The summed E-state index contributed by atoms with van der Waals surface area (Å²) in [6.07, 6.45) is 4.24. The fourth-order valence-corrected chi connectivity index (χ4v) is 3.40. The van der Waals surface area contributed by atoms with Gasteiger partial charge in [-0.15, -0.1) is 11.3 Å². The highest BCUT2D eigenvalue weighted by Crippen LogP contribution is 2.43. The summed E-state index contributed by atoms with van der Waals surface area (Å²) >= 11 is 1.70. The van der Waals surface area contributed by atoms with Crippen molar-refractivity contribution in [1.82, 2.24) is 9.97 Å². The van der Waals surface area contributed by atoms with Gasteiger partial charge in [0, 0.05) is 0 Å². The Morgan fingerprint density at radius 2 is 1.95 bits per heavy atom. The predicted octanol–water partition coefficient (Wildman–Crippen LogP) is 4.25. The third-order valence-electron chi connectivity index (χ3n) is 3.79. The van der Waals surface area contributed by atoms with Crippen molar-refractivity contribution in [3.05, 3.63) is 53.7 Å². The van der Waals surface area contributed by atoms with Gasteiger partial charge in [-0.25, -0.2) is 9.97 Å². The first-order chi connectivity index (χ1) is 9.92. The lowest BCUT2D eigenvalue weighted by atomic mass is 10.0. The molecule has 0 saturated heterocycles. The van der Waals surface area contributed by atoms with Crippen LogP contribution in [0.1, 0.15) is 24.4 Å². The second-order valence-corrected chi connectivity index (χ2v) is 6.14. The average Bonchev–Trinajstić information content (AvgIpc) is 3.22. The van der Waals surface area contributed by atoms with E-state index in [1.165, 1.54) is 18.4 Å². The van der Waals surface area contributed by atoms with Crippen LogP contribution in [0.25, 0.3) is 10.2 Å². The van der Waals surface area contributed by atoms with Crippen LogP contribution >= 0.6 is 11.3 Å². The van der Waals surface area contributed by atoms with Gasteiger partial charge in [0.2, 0.25) is 0 Å². The third kappa shape index (κ3) is 2.16. The zero-order valence-electron chi connectivity index (χ0n) is 11.0. The highest BCUT2D eigenvalue weighted by atomic mass is 32.1. The van der Waals surface area contributed by atoms with Crippen LogP contribution in [0.3, 0.4) is 0 Å². The molecule has 0 spiro atoms. The Bertz CT molecular complexity index is 719. The van der Waals surface area contributed by atoms with Gasteiger partial charge in [0.1, 0.15) is 12.1 Å². The Labute approximate surface area is 121 Å². The number of hydrogen-bond acceptors (Lipinski definition) is 4. The van der Waals surface area contributed by atoms with Crippen molar-refractivity contribution in [1.29, 1.82) is 0 Å². The number of benzene rings is 1. The van der Waals surface area contributed by atoms with Gasteiger partial charge in [0.25, 0.3) is 0 Å². The quantitative estimate of drug-likeness (QED) is 0.776. The predicted molar refractivity (Wildman–Crippen MR) is 82.9 cm³/mol. The molecular formula is C16H15N3S. The largest absolute Gasteiger partial charge is 0.362 e. The van der Waals surface area contributed by atoms with E-state index in [-0.39, 0.29) is 0 Å². The molecule has 0 unspecified atom stereocenters. The standard InChI is InChI=1S/C16H15N3S/c1-2-4-11(5-3-1)14(12-6-7-12)19-16-15-13(8-9-20-15)17-10-18-16/h1-5,8-10,12,14H,6-7H2,(H,17,18,19)/t14-/m1/s1. The second-order valence-electron chi connectivity index (χ2n) is 5.23. The van der Waals surface area contributed by atoms with E-state index in [0.29, 0.717) is 6.04 Å². The van der Waals surface area contributed by atoms with Crippen molar-refractivity contribution < 1.29 is 0 Å². The Kier molecular flexibility index (Phi) is 2.89. The number of hydrogen-bond donors (Lipinski definition) is 1. The normalized spacial score (nSPS) is 16.2. The second kappa shape index (κ2) is 4.87. The molecule has 1 aliphatic rings. The van der Waals surface area contributed by atoms with Gasteiger partial charge in [-0.05, 0) is 35.8 Å². The summed E-state index contributed by atoms with van der Waals surface area (Å²) in [5, 5.41) is 5.71. The van der Waals surface area contributed by atoms with E-state index in [4.69, 9.17) is 0 Å². The van der Waals surface area contributed by atoms with Crippen LogP contribution in [-0.2, 0) is 0 Å². The topological polar surface area (TPSA) is 37.8 Å². The zero-order valence-corrected chi connectivity index (χ0v) is 11.8. The van der Waals surface area contributed by atoms with Crippen LogP contribution < -0.4 is 5.32 Å². The number of fused-ring (bicyclic) bond motifs is 1. The molecule has 1 aliphatic carbocycles. The molecule has 0 radical (unpaired) electrons. The van der Waals surface area contributed by atoms with E-state index < -0.39 is 0 Å². The van der Waals surface area contributed by atoms with E-state index in [1.54, 1.807) is 17.7 Å². The van der Waals surface area contributed by atoms with Crippen LogP contribution in [0.15, 0.2) is 48.1 Å². The number of thiophene rings is 1. The van der Waals surface area contributed by atoms with Crippen LogP contribution in [0.2, 0.25) is 0 Å². The molecule has 1 atom stereocenters. The Morgan fingerprint density at radius 1 is 1.10 bits per heavy atom. The Hall–Kier alpha value is -1.94. The number of nitrogens with one attached hydrogen (secondary N) is 1. The molecule has 1 N–H and O–H groups in total. The van der Waals surface area contributed by atoms with E-state index in [1.807, 2.05) is 6.07 Å². The van der Waals surface area contributed by atoms with Gasteiger partial charge in [-0.2, -0.15) is 0 Å². The maximum Gasteiger partial charge on any atom is 0.147 e. The minimum atomic E-state index is 0.358. The molecule has 1 aromatic carbocycles. The first-order valence-corrected chi connectivity index (χ1v) is 7.79. The molecule has 3 nitrogen and oxygen atoms in total. The van der Waals surface area contributed by atoms with Crippen LogP contribution in [0, 0.1) is 5.92 Å². The molecule has 3 aromatic rings. The minimum Gasteiger partial charge on any atom is -0.362 e. The van der Waals surface area contributed by atoms with Gasteiger partial charge >= 0.3 is 0 Å². The first kappa shape index (κ1) is 11.9. The molecule has 2 aromatic heterocycles. The fraction of sp³-hybridized carbons (Fsp3) is 0.250. The molecule has 1 fully saturated rings. The lowest BCUT2D eigenvalue weighted by molar-refractivity contribution is 0.676. The molecule has 4 heteroatoms. The minimum absolute atomic E-state index is 0.358. The van der Waals surface area contributed by atoms with Gasteiger partial charge in [-0.1, -0.05) is 30.3 Å². The van der Waals surface area contributed by atoms with Crippen LogP contribution in [0.4, 0.5) is 5.82 Å². The fourth-order valence-electron chi connectivity index (χ4n) is 2.60. The van der Waals surface area contributed by atoms with E-state index in [0.717, 1.165) is 22.0 Å². The van der Waals surface area contributed by atoms with Gasteiger partial charge < -0.3 is 5.32 Å². The van der Waals surface area contributed by atoms with Crippen LogP contribution in [0.5, 0.6) is 0 Å². The monoisotopic (exact) mass is 281 g/mol. The zero-order chi connectivity index (χ0) is 13.4. The highest BCUT2D eigenvalue weighted by molar-refractivity contribution is 7.17. The number of aromatic nitrogens is 2. The third-order valence-corrected chi connectivity index (χ3v) is 4.70. The van der Waals surface area contributed by atoms with E-state index in [9.17, 15) is 0 Å².